The quantitative estimate of drug-likeness (QED) is 0.884. The summed E-state index contributed by atoms with van der Waals surface area (Å²) in [6, 6.07) is 8.93. The summed E-state index contributed by atoms with van der Waals surface area (Å²) < 4.78 is 22.9. The minimum Gasteiger partial charge on any atom is -0.480 e. The number of carboxylic acids is 1. The van der Waals surface area contributed by atoms with Crippen molar-refractivity contribution in [2.75, 3.05) is 24.6 Å². The molecule has 19 heavy (non-hydrogen) atoms. The Morgan fingerprint density at radius 3 is 2.21 bits per heavy atom. The molecule has 1 saturated heterocycles. The van der Waals surface area contributed by atoms with Crippen LogP contribution in [0.4, 0.5) is 0 Å². The normalized spacial score (nSPS) is 22.6. The van der Waals surface area contributed by atoms with Crippen molar-refractivity contribution >= 4 is 15.8 Å². The number of carboxylic acid groups (broad SMARTS) is 1. The predicted octanol–water partition coefficient (Wildman–Crippen LogP) is 0.717. The van der Waals surface area contributed by atoms with Gasteiger partial charge in [-0.1, -0.05) is 30.3 Å². The zero-order chi connectivity index (χ0) is 14.1. The van der Waals surface area contributed by atoms with E-state index in [1.54, 1.807) is 36.1 Å². The number of aliphatic carboxylic acids is 1. The van der Waals surface area contributed by atoms with Crippen LogP contribution in [0, 0.1) is 0 Å². The van der Waals surface area contributed by atoms with Crippen molar-refractivity contribution in [1.82, 2.24) is 4.90 Å². The molecule has 0 saturated carbocycles. The van der Waals surface area contributed by atoms with E-state index in [1.165, 1.54) is 0 Å². The van der Waals surface area contributed by atoms with Crippen LogP contribution in [-0.2, 0) is 20.2 Å². The molecule has 1 aliphatic rings. The molecule has 0 radical (unpaired) electrons. The van der Waals surface area contributed by atoms with Gasteiger partial charge in [0, 0.05) is 13.1 Å². The van der Waals surface area contributed by atoms with Crippen LogP contribution in [0.15, 0.2) is 30.3 Å². The van der Waals surface area contributed by atoms with Crippen molar-refractivity contribution in [3.63, 3.8) is 0 Å². The van der Waals surface area contributed by atoms with E-state index in [1.807, 2.05) is 6.07 Å². The van der Waals surface area contributed by atoms with E-state index in [-0.39, 0.29) is 24.6 Å². The summed E-state index contributed by atoms with van der Waals surface area (Å²) in [5.74, 6) is -0.927. The first-order valence-corrected chi connectivity index (χ1v) is 7.93. The highest BCUT2D eigenvalue weighted by Crippen LogP contribution is 2.30. The van der Waals surface area contributed by atoms with Crippen LogP contribution in [0.2, 0.25) is 0 Å². The highest BCUT2D eigenvalue weighted by Gasteiger charge is 2.43. The summed E-state index contributed by atoms with van der Waals surface area (Å²) in [5.41, 5.74) is -0.515. The Balaban J connectivity index is 2.34. The molecule has 1 unspecified atom stereocenters. The second-order valence-corrected chi connectivity index (χ2v) is 7.19. The standard InChI is InChI=1S/C13H17NO4S/c1-13(12(15)16,11-5-3-2-4-6-11)14-7-9-19(17,18)10-8-14/h2-6H,7-10H2,1H3,(H,15,16). The van der Waals surface area contributed by atoms with Crippen molar-refractivity contribution < 1.29 is 18.3 Å². The first-order chi connectivity index (χ1) is 8.86. The Hall–Kier alpha value is -1.40. The van der Waals surface area contributed by atoms with Crippen LogP contribution in [0.3, 0.4) is 0 Å². The molecular weight excluding hydrogens is 266 g/mol. The van der Waals surface area contributed by atoms with E-state index in [0.29, 0.717) is 5.56 Å². The lowest BCUT2D eigenvalue weighted by Crippen LogP contribution is -2.55. The second-order valence-electron chi connectivity index (χ2n) is 4.88. The molecule has 0 aromatic heterocycles. The van der Waals surface area contributed by atoms with E-state index in [9.17, 15) is 18.3 Å². The molecule has 0 amide bonds. The van der Waals surface area contributed by atoms with Gasteiger partial charge >= 0.3 is 5.97 Å². The fourth-order valence-electron chi connectivity index (χ4n) is 2.36. The number of benzene rings is 1. The largest absolute Gasteiger partial charge is 0.480 e. The Bertz CT molecular complexity index is 556. The van der Waals surface area contributed by atoms with Crippen molar-refractivity contribution in [2.24, 2.45) is 0 Å². The summed E-state index contributed by atoms with van der Waals surface area (Å²) in [6.07, 6.45) is 0. The molecule has 6 heteroatoms. The molecule has 1 atom stereocenters. The van der Waals surface area contributed by atoms with Gasteiger partial charge in [0.05, 0.1) is 11.5 Å². The van der Waals surface area contributed by atoms with Crippen molar-refractivity contribution in [3.05, 3.63) is 35.9 Å². The zero-order valence-corrected chi connectivity index (χ0v) is 11.6. The summed E-state index contributed by atoms with van der Waals surface area (Å²) in [6.45, 7) is 2.13. The summed E-state index contributed by atoms with van der Waals surface area (Å²) in [7, 11) is -3.02. The SMILES string of the molecule is CC(C(=O)O)(c1ccccc1)N1CCS(=O)(=O)CC1. The minimum absolute atomic E-state index is 0.0166. The van der Waals surface area contributed by atoms with Gasteiger partial charge in [0.1, 0.15) is 5.54 Å². The number of hydrogen-bond donors (Lipinski definition) is 1. The molecule has 0 aliphatic carbocycles. The fraction of sp³-hybridized carbons (Fsp3) is 0.462. The summed E-state index contributed by atoms with van der Waals surface area (Å²) >= 11 is 0. The molecule has 1 N–H and O–H groups in total. The average molecular weight is 283 g/mol. The van der Waals surface area contributed by atoms with Crippen LogP contribution in [0.5, 0.6) is 0 Å². The van der Waals surface area contributed by atoms with Crippen LogP contribution in [0.1, 0.15) is 12.5 Å². The summed E-state index contributed by atoms with van der Waals surface area (Å²) in [5, 5.41) is 9.58. The minimum atomic E-state index is -3.02. The topological polar surface area (TPSA) is 74.7 Å². The highest BCUT2D eigenvalue weighted by molar-refractivity contribution is 7.91. The highest BCUT2D eigenvalue weighted by atomic mass is 32.2. The molecule has 5 nitrogen and oxygen atoms in total. The van der Waals surface area contributed by atoms with E-state index in [2.05, 4.69) is 0 Å². The van der Waals surface area contributed by atoms with Gasteiger partial charge in [-0.2, -0.15) is 0 Å². The smallest absolute Gasteiger partial charge is 0.328 e. The van der Waals surface area contributed by atoms with Crippen LogP contribution in [-0.4, -0.2) is 49.0 Å². The molecule has 104 valence electrons. The Morgan fingerprint density at radius 1 is 1.21 bits per heavy atom. The molecule has 1 aliphatic heterocycles. The number of nitrogens with zero attached hydrogens (tertiary/aromatic N) is 1. The van der Waals surface area contributed by atoms with Crippen LogP contribution in [0.25, 0.3) is 0 Å². The van der Waals surface area contributed by atoms with Gasteiger partial charge in [0.2, 0.25) is 0 Å². The second kappa shape index (κ2) is 4.94. The fourth-order valence-corrected chi connectivity index (χ4v) is 3.56. The molecule has 1 heterocycles. The maximum absolute atomic E-state index is 11.7. The number of sulfone groups is 1. The van der Waals surface area contributed by atoms with Gasteiger partial charge in [0.25, 0.3) is 0 Å². The van der Waals surface area contributed by atoms with Crippen LogP contribution >= 0.6 is 0 Å². The van der Waals surface area contributed by atoms with Gasteiger partial charge in [-0.05, 0) is 12.5 Å². The Kier molecular flexibility index (Phi) is 3.64. The van der Waals surface area contributed by atoms with Gasteiger partial charge in [-0.15, -0.1) is 0 Å². The van der Waals surface area contributed by atoms with E-state index >= 15 is 0 Å². The molecule has 2 rings (SSSR count). The van der Waals surface area contributed by atoms with E-state index < -0.39 is 21.3 Å². The average Bonchev–Trinajstić information content (AvgIpc) is 2.38. The van der Waals surface area contributed by atoms with Crippen LogP contribution < -0.4 is 0 Å². The monoisotopic (exact) mass is 283 g/mol. The first kappa shape index (κ1) is 14.0. The lowest BCUT2D eigenvalue weighted by atomic mass is 9.90. The van der Waals surface area contributed by atoms with Crippen molar-refractivity contribution in [1.29, 1.82) is 0 Å². The van der Waals surface area contributed by atoms with Gasteiger partial charge in [-0.3, -0.25) is 4.90 Å². The van der Waals surface area contributed by atoms with Crippen molar-refractivity contribution in [3.8, 4) is 0 Å². The lowest BCUT2D eigenvalue weighted by molar-refractivity contribution is -0.151. The molecule has 0 bridgehead atoms. The van der Waals surface area contributed by atoms with E-state index in [0.717, 1.165) is 0 Å². The molecule has 1 aromatic rings. The summed E-state index contributed by atoms with van der Waals surface area (Å²) in [4.78, 5) is 13.4. The third-order valence-corrected chi connectivity index (χ3v) is 5.34. The van der Waals surface area contributed by atoms with Crippen molar-refractivity contribution in [2.45, 2.75) is 12.5 Å². The Morgan fingerprint density at radius 2 is 1.74 bits per heavy atom. The number of carbonyl (C=O) groups is 1. The van der Waals surface area contributed by atoms with E-state index in [4.69, 9.17) is 0 Å². The predicted molar refractivity (Wildman–Crippen MR) is 71.7 cm³/mol. The van der Waals surface area contributed by atoms with Gasteiger partial charge in [0.15, 0.2) is 9.84 Å². The molecular formula is C13H17NO4S. The molecule has 0 spiro atoms. The van der Waals surface area contributed by atoms with Gasteiger partial charge < -0.3 is 5.11 Å². The zero-order valence-electron chi connectivity index (χ0n) is 10.7. The first-order valence-electron chi connectivity index (χ1n) is 6.11. The number of rotatable bonds is 3. The molecule has 1 fully saturated rings. The van der Waals surface area contributed by atoms with Gasteiger partial charge in [-0.25, -0.2) is 13.2 Å². The molecule has 1 aromatic carbocycles. The number of hydrogen-bond acceptors (Lipinski definition) is 4. The third-order valence-electron chi connectivity index (χ3n) is 3.73. The Labute approximate surface area is 112 Å². The maximum atomic E-state index is 11.7. The maximum Gasteiger partial charge on any atom is 0.328 e. The third kappa shape index (κ3) is 2.64. The lowest BCUT2D eigenvalue weighted by Gasteiger charge is -2.40.